The van der Waals surface area contributed by atoms with Crippen LogP contribution in [0.3, 0.4) is 0 Å². The molecule has 2 N–H and O–H groups in total. The molecule has 2 heterocycles. The minimum atomic E-state index is -0.999. The number of nitrogens with one attached hydrogen (secondary N) is 1. The van der Waals surface area contributed by atoms with Gasteiger partial charge in [-0.3, -0.25) is 14.3 Å². The van der Waals surface area contributed by atoms with Gasteiger partial charge in [-0.1, -0.05) is 48.6 Å². The van der Waals surface area contributed by atoms with Gasteiger partial charge in [-0.2, -0.15) is 5.10 Å². The summed E-state index contributed by atoms with van der Waals surface area (Å²) in [7, 11) is 1.51. The van der Waals surface area contributed by atoms with Gasteiger partial charge in [-0.05, 0) is 37.6 Å². The first kappa shape index (κ1) is 23.4. The number of hydrogen-bond acceptors (Lipinski definition) is 6. The zero-order valence-electron chi connectivity index (χ0n) is 20.1. The molecule has 36 heavy (non-hydrogen) atoms. The Morgan fingerprint density at radius 3 is 2.75 bits per heavy atom. The van der Waals surface area contributed by atoms with Crippen molar-refractivity contribution in [3.63, 3.8) is 0 Å². The summed E-state index contributed by atoms with van der Waals surface area (Å²) < 4.78 is 7.20. The first-order valence-electron chi connectivity index (χ1n) is 11.5. The lowest BCUT2D eigenvalue weighted by Crippen LogP contribution is -2.27. The van der Waals surface area contributed by atoms with E-state index >= 15 is 0 Å². The Labute approximate surface area is 207 Å². The van der Waals surface area contributed by atoms with E-state index in [1.54, 1.807) is 42.8 Å². The molecule has 9 nitrogen and oxygen atoms in total. The minimum absolute atomic E-state index is 0.234. The van der Waals surface area contributed by atoms with Crippen LogP contribution in [0, 0.1) is 5.92 Å². The smallest absolute Gasteiger partial charge is 0.276 e. The topological polar surface area (TPSA) is 118 Å². The highest BCUT2D eigenvalue weighted by molar-refractivity contribution is 6.11. The van der Waals surface area contributed by atoms with Crippen molar-refractivity contribution in [1.29, 1.82) is 0 Å². The number of ether oxygens (including phenoxy) is 1. The average molecular weight is 484 g/mol. The van der Waals surface area contributed by atoms with E-state index in [2.05, 4.69) is 20.6 Å². The maximum atomic E-state index is 13.3. The first-order chi connectivity index (χ1) is 17.2. The van der Waals surface area contributed by atoms with Gasteiger partial charge >= 0.3 is 0 Å². The van der Waals surface area contributed by atoms with Crippen LogP contribution in [-0.4, -0.2) is 39.4 Å². The zero-order chi connectivity index (χ0) is 25.4. The number of allylic oxidation sites excluding steroid dienone is 3. The molecule has 182 valence electrons. The van der Waals surface area contributed by atoms with Crippen molar-refractivity contribution in [2.24, 2.45) is 16.1 Å². The monoisotopic (exact) mass is 483 g/mol. The highest BCUT2D eigenvalue weighted by Gasteiger charge is 2.28. The highest BCUT2D eigenvalue weighted by Crippen LogP contribution is 2.37. The third kappa shape index (κ3) is 4.36. The molecule has 1 atom stereocenters. The number of hydrogen-bond donors (Lipinski definition) is 2. The van der Waals surface area contributed by atoms with E-state index in [0.717, 1.165) is 11.1 Å². The molecule has 1 aliphatic heterocycles. The number of methoxy groups -OCH3 is 1. The predicted molar refractivity (Wildman–Crippen MR) is 136 cm³/mol. The maximum absolute atomic E-state index is 13.3. The first-order valence-corrected chi connectivity index (χ1v) is 11.5. The molecular formula is C27H25N5O4. The molecule has 0 saturated carbocycles. The van der Waals surface area contributed by atoms with Crippen molar-refractivity contribution < 1.29 is 19.4 Å². The van der Waals surface area contributed by atoms with Gasteiger partial charge in [0.05, 0.1) is 42.1 Å². The third-order valence-corrected chi connectivity index (χ3v) is 5.95. The summed E-state index contributed by atoms with van der Waals surface area (Å²) in [4.78, 5) is 25.4. The number of para-hydroxylation sites is 1. The molecule has 2 aromatic carbocycles. The molecule has 5 rings (SSSR count). The Balaban J connectivity index is 1.47. The lowest BCUT2D eigenvalue weighted by atomic mass is 9.89. The molecule has 1 aromatic heterocycles. The number of carbonyl (C=O) groups is 2. The van der Waals surface area contributed by atoms with Crippen molar-refractivity contribution in [3.8, 4) is 5.75 Å². The second-order valence-corrected chi connectivity index (χ2v) is 9.27. The number of aromatic nitrogens is 2. The molecule has 1 unspecified atom stereocenters. The molecule has 0 saturated heterocycles. The fourth-order valence-corrected chi connectivity index (χ4v) is 4.33. The number of amides is 2. The molecule has 9 heteroatoms. The van der Waals surface area contributed by atoms with Crippen molar-refractivity contribution in [2.45, 2.75) is 26.0 Å². The van der Waals surface area contributed by atoms with Crippen molar-refractivity contribution >= 4 is 34.1 Å². The molecule has 0 radical (unpaired) electrons. The Kier molecular flexibility index (Phi) is 5.85. The standard InChI is InChI=1S/C27H25N5O4/c1-27(2,35)15-32-21-11-7-6-10-19(21)24(31-32)26(34)28-20-13-12-16(14-22(20)36-3)23-17-8-4-5-9-18(17)25(33)30-29-23/h4-14,18,35H,15H2,1-3H3,(H,28,34). The van der Waals surface area contributed by atoms with Crippen LogP contribution in [-0.2, 0) is 11.3 Å². The molecule has 2 amide bonds. The third-order valence-electron chi connectivity index (χ3n) is 5.95. The van der Waals surface area contributed by atoms with E-state index in [1.165, 1.54) is 7.11 Å². The Morgan fingerprint density at radius 2 is 1.97 bits per heavy atom. The summed E-state index contributed by atoms with van der Waals surface area (Å²) in [5, 5.41) is 26.3. The molecular weight excluding hydrogens is 458 g/mol. The van der Waals surface area contributed by atoms with Crippen LogP contribution < -0.4 is 10.1 Å². The van der Waals surface area contributed by atoms with Crippen molar-refractivity contribution in [3.05, 3.63) is 83.6 Å². The zero-order valence-corrected chi connectivity index (χ0v) is 20.1. The number of carbonyl (C=O) groups excluding carboxylic acids is 2. The Hall–Kier alpha value is -4.37. The quantitative estimate of drug-likeness (QED) is 0.535. The molecule has 0 spiro atoms. The summed E-state index contributed by atoms with van der Waals surface area (Å²) in [6.45, 7) is 3.61. The van der Waals surface area contributed by atoms with Gasteiger partial charge in [0, 0.05) is 10.9 Å². The fraction of sp³-hybridized carbons (Fsp3) is 0.222. The Bertz CT molecular complexity index is 1500. The van der Waals surface area contributed by atoms with Gasteiger partial charge in [0.2, 0.25) is 0 Å². The summed E-state index contributed by atoms with van der Waals surface area (Å²) in [5.41, 5.74) is 2.50. The molecule has 3 aromatic rings. The van der Waals surface area contributed by atoms with Crippen molar-refractivity contribution in [1.82, 2.24) is 9.78 Å². The summed E-state index contributed by atoms with van der Waals surface area (Å²) >= 11 is 0. The predicted octanol–water partition coefficient (Wildman–Crippen LogP) is 4.51. The van der Waals surface area contributed by atoms with Crippen LogP contribution in [0.2, 0.25) is 0 Å². The molecule has 0 bridgehead atoms. The molecule has 1 aliphatic carbocycles. The molecule has 2 aliphatic rings. The number of fused-ring (bicyclic) bond motifs is 2. The number of azo groups is 1. The maximum Gasteiger partial charge on any atom is 0.276 e. The van der Waals surface area contributed by atoms with Crippen LogP contribution in [0.5, 0.6) is 5.75 Å². The normalized spacial score (nSPS) is 17.0. The van der Waals surface area contributed by atoms with Crippen LogP contribution >= 0.6 is 0 Å². The largest absolute Gasteiger partial charge is 0.495 e. The lowest BCUT2D eigenvalue weighted by Gasteiger charge is -2.20. The van der Waals surface area contributed by atoms with Crippen LogP contribution in [0.15, 0.2) is 82.6 Å². The summed E-state index contributed by atoms with van der Waals surface area (Å²) in [6.07, 6.45) is 7.32. The summed E-state index contributed by atoms with van der Waals surface area (Å²) in [6, 6.07) is 12.7. The number of rotatable bonds is 6. The highest BCUT2D eigenvalue weighted by atomic mass is 16.5. The number of anilines is 1. The SMILES string of the molecule is COc1cc(C2=C3C=CC=CC3C(=O)N=N2)ccc1NC(=O)c1nn(CC(C)(C)O)c2ccccc12. The second kappa shape index (κ2) is 9.01. The van der Waals surface area contributed by atoms with Crippen LogP contribution in [0.4, 0.5) is 5.69 Å². The minimum Gasteiger partial charge on any atom is -0.495 e. The molecule has 0 fully saturated rings. The van der Waals surface area contributed by atoms with Gasteiger partial charge in [0.1, 0.15) is 5.75 Å². The number of aliphatic hydroxyl groups is 1. The van der Waals surface area contributed by atoms with E-state index in [1.807, 2.05) is 42.5 Å². The summed E-state index contributed by atoms with van der Waals surface area (Å²) in [5.74, 6) is -0.744. The second-order valence-electron chi connectivity index (χ2n) is 9.27. The average Bonchev–Trinajstić information content (AvgIpc) is 3.22. The van der Waals surface area contributed by atoms with Crippen molar-refractivity contribution in [2.75, 3.05) is 12.4 Å². The number of benzene rings is 2. The van der Waals surface area contributed by atoms with E-state index in [-0.39, 0.29) is 18.1 Å². The number of nitrogens with zero attached hydrogens (tertiary/aromatic N) is 4. The van der Waals surface area contributed by atoms with E-state index in [4.69, 9.17) is 4.74 Å². The fourth-order valence-electron chi connectivity index (χ4n) is 4.33. The van der Waals surface area contributed by atoms with Gasteiger partial charge in [0.15, 0.2) is 5.69 Å². The van der Waals surface area contributed by atoms with Crippen LogP contribution in [0.1, 0.15) is 29.9 Å². The van der Waals surface area contributed by atoms with E-state index in [0.29, 0.717) is 28.1 Å². The van der Waals surface area contributed by atoms with Crippen LogP contribution in [0.25, 0.3) is 16.6 Å². The Morgan fingerprint density at radius 1 is 1.17 bits per heavy atom. The van der Waals surface area contributed by atoms with Gasteiger partial charge in [-0.15, -0.1) is 10.2 Å². The lowest BCUT2D eigenvalue weighted by molar-refractivity contribution is -0.119. The van der Waals surface area contributed by atoms with E-state index in [9.17, 15) is 14.7 Å². The van der Waals surface area contributed by atoms with Gasteiger partial charge < -0.3 is 15.2 Å². The van der Waals surface area contributed by atoms with Gasteiger partial charge in [0.25, 0.3) is 11.8 Å². The van der Waals surface area contributed by atoms with E-state index < -0.39 is 17.4 Å². The van der Waals surface area contributed by atoms with Gasteiger partial charge in [-0.25, -0.2) is 0 Å².